The van der Waals surface area contributed by atoms with E-state index in [4.69, 9.17) is 4.84 Å². The Morgan fingerprint density at radius 3 is 2.55 bits per heavy atom. The summed E-state index contributed by atoms with van der Waals surface area (Å²) in [6.07, 6.45) is 3.19. The molecule has 0 aromatic heterocycles. The monoisotopic (exact) mass is 361 g/mol. The number of hydrogen-bond acceptors (Lipinski definition) is 4. The average molecular weight is 362 g/mol. The zero-order chi connectivity index (χ0) is 16.3. The van der Waals surface area contributed by atoms with Gasteiger partial charge in [0.1, 0.15) is 5.71 Å². The molecule has 0 bridgehead atoms. The highest BCUT2D eigenvalue weighted by Crippen LogP contribution is 2.21. The number of hydrogen-bond donors (Lipinski definition) is 0. The van der Waals surface area contributed by atoms with Gasteiger partial charge in [-0.25, -0.2) is 4.79 Å². The van der Waals surface area contributed by atoms with Crippen molar-refractivity contribution >= 4 is 33.4 Å². The van der Waals surface area contributed by atoms with Crippen molar-refractivity contribution in [3.8, 4) is 0 Å². The molecule has 0 saturated heterocycles. The summed E-state index contributed by atoms with van der Waals surface area (Å²) in [6, 6.07) is 6.96. The molecule has 0 heterocycles. The first-order valence-electron chi connectivity index (χ1n) is 6.88. The first kappa shape index (κ1) is 16.4. The van der Waals surface area contributed by atoms with Crippen LogP contribution in [0.3, 0.4) is 0 Å². The standard InChI is InChI=1S/C17H16BrNO3/c1-10(2)13-9-16(20)11(3)8-15(13)19-22-17(21)12-6-4-5-7-14(12)18/h4-10H,1-3H3. The summed E-state index contributed by atoms with van der Waals surface area (Å²) < 4.78 is 0.644. The Kier molecular flexibility index (Phi) is 5.08. The zero-order valence-electron chi connectivity index (χ0n) is 12.6. The van der Waals surface area contributed by atoms with Crippen molar-refractivity contribution in [1.82, 2.24) is 0 Å². The van der Waals surface area contributed by atoms with Gasteiger partial charge in [-0.2, -0.15) is 0 Å². The number of carbonyl (C=O) groups excluding carboxylic acids is 2. The van der Waals surface area contributed by atoms with E-state index in [1.165, 1.54) is 0 Å². The van der Waals surface area contributed by atoms with Gasteiger partial charge in [-0.3, -0.25) is 4.79 Å². The molecule has 114 valence electrons. The minimum atomic E-state index is -0.550. The fourth-order valence-electron chi connectivity index (χ4n) is 2.00. The Balaban J connectivity index is 2.25. The third-order valence-corrected chi connectivity index (χ3v) is 3.96. The van der Waals surface area contributed by atoms with Crippen LogP contribution in [0.15, 0.2) is 57.2 Å². The van der Waals surface area contributed by atoms with Gasteiger partial charge < -0.3 is 4.84 Å². The van der Waals surface area contributed by atoms with Crippen molar-refractivity contribution in [3.63, 3.8) is 0 Å². The molecule has 4 nitrogen and oxygen atoms in total. The van der Waals surface area contributed by atoms with E-state index in [-0.39, 0.29) is 11.7 Å². The molecule has 2 rings (SSSR count). The summed E-state index contributed by atoms with van der Waals surface area (Å²) in [5.41, 5.74) is 2.23. The molecule has 1 aliphatic carbocycles. The van der Waals surface area contributed by atoms with Gasteiger partial charge in [0.15, 0.2) is 5.78 Å². The van der Waals surface area contributed by atoms with Crippen molar-refractivity contribution in [2.24, 2.45) is 11.1 Å². The van der Waals surface area contributed by atoms with Crippen molar-refractivity contribution in [3.05, 3.63) is 57.6 Å². The largest absolute Gasteiger partial charge is 0.366 e. The predicted octanol–water partition coefficient (Wildman–Crippen LogP) is 4.07. The third-order valence-electron chi connectivity index (χ3n) is 3.27. The summed E-state index contributed by atoms with van der Waals surface area (Å²) in [6.45, 7) is 5.62. The number of allylic oxidation sites excluding steroid dienone is 4. The number of benzene rings is 1. The van der Waals surface area contributed by atoms with E-state index in [9.17, 15) is 9.59 Å². The Bertz CT molecular complexity index is 714. The first-order chi connectivity index (χ1) is 10.4. The Hall–Kier alpha value is -2.01. The van der Waals surface area contributed by atoms with Gasteiger partial charge >= 0.3 is 5.97 Å². The maximum Gasteiger partial charge on any atom is 0.366 e. The van der Waals surface area contributed by atoms with Gasteiger partial charge in [0.25, 0.3) is 0 Å². The van der Waals surface area contributed by atoms with E-state index >= 15 is 0 Å². The van der Waals surface area contributed by atoms with Gasteiger partial charge in [0.05, 0.1) is 5.56 Å². The number of carbonyl (C=O) groups is 2. The van der Waals surface area contributed by atoms with Crippen molar-refractivity contribution in [1.29, 1.82) is 0 Å². The SMILES string of the molecule is CC1=CC(=NOC(=O)c2ccccc2Br)C(C(C)C)=CC1=O. The Morgan fingerprint density at radius 2 is 1.91 bits per heavy atom. The molecule has 1 aromatic rings. The van der Waals surface area contributed by atoms with Crippen LogP contribution in [0.2, 0.25) is 0 Å². The maximum absolute atomic E-state index is 12.1. The molecule has 0 radical (unpaired) electrons. The van der Waals surface area contributed by atoms with Crippen LogP contribution >= 0.6 is 15.9 Å². The molecule has 5 heteroatoms. The lowest BCUT2D eigenvalue weighted by atomic mass is 9.90. The number of halogens is 1. The molecule has 0 fully saturated rings. The molecule has 1 aromatic carbocycles. The van der Waals surface area contributed by atoms with Crippen LogP contribution < -0.4 is 0 Å². The van der Waals surface area contributed by atoms with Crippen LogP contribution in [0.25, 0.3) is 0 Å². The molecule has 0 spiro atoms. The van der Waals surface area contributed by atoms with E-state index in [0.717, 1.165) is 5.57 Å². The van der Waals surface area contributed by atoms with E-state index in [2.05, 4.69) is 21.1 Å². The normalized spacial score (nSPS) is 16.6. The molecule has 0 aliphatic heterocycles. The topological polar surface area (TPSA) is 55.7 Å². The Labute approximate surface area is 137 Å². The second-order valence-corrected chi connectivity index (χ2v) is 6.14. The number of rotatable bonds is 3. The lowest BCUT2D eigenvalue weighted by molar-refractivity contribution is -0.111. The fourth-order valence-corrected chi connectivity index (χ4v) is 2.44. The molecular weight excluding hydrogens is 346 g/mol. The molecule has 22 heavy (non-hydrogen) atoms. The molecule has 0 saturated carbocycles. The lowest BCUT2D eigenvalue weighted by Gasteiger charge is -2.15. The molecule has 0 unspecified atom stereocenters. The third kappa shape index (κ3) is 3.60. The molecular formula is C17H16BrNO3. The molecule has 0 amide bonds. The highest BCUT2D eigenvalue weighted by atomic mass is 79.9. The molecule has 0 N–H and O–H groups in total. The zero-order valence-corrected chi connectivity index (χ0v) is 14.2. The smallest absolute Gasteiger partial charge is 0.312 e. The van der Waals surface area contributed by atoms with Crippen molar-refractivity contribution < 1.29 is 14.4 Å². The number of oxime groups is 1. The van der Waals surface area contributed by atoms with E-state index in [1.807, 2.05) is 19.9 Å². The van der Waals surface area contributed by atoms with Crippen LogP contribution in [0.1, 0.15) is 31.1 Å². The highest BCUT2D eigenvalue weighted by Gasteiger charge is 2.20. The summed E-state index contributed by atoms with van der Waals surface area (Å²) in [5, 5.41) is 3.94. The van der Waals surface area contributed by atoms with E-state index in [1.54, 1.807) is 37.3 Å². The number of ketones is 1. The van der Waals surface area contributed by atoms with Gasteiger partial charge in [-0.1, -0.05) is 31.1 Å². The van der Waals surface area contributed by atoms with Gasteiger partial charge in [-0.15, -0.1) is 0 Å². The number of nitrogens with zero attached hydrogens (tertiary/aromatic N) is 1. The minimum Gasteiger partial charge on any atom is -0.312 e. The maximum atomic E-state index is 12.1. The Morgan fingerprint density at radius 1 is 1.23 bits per heavy atom. The van der Waals surface area contributed by atoms with Gasteiger partial charge in [-0.05, 0) is 64.2 Å². The van der Waals surface area contributed by atoms with Crippen molar-refractivity contribution in [2.75, 3.05) is 0 Å². The van der Waals surface area contributed by atoms with Crippen LogP contribution in [0.4, 0.5) is 0 Å². The second-order valence-electron chi connectivity index (χ2n) is 5.28. The minimum absolute atomic E-state index is 0.0419. The van der Waals surface area contributed by atoms with Crippen LogP contribution in [-0.2, 0) is 9.63 Å². The van der Waals surface area contributed by atoms with Crippen LogP contribution in [0.5, 0.6) is 0 Å². The predicted molar refractivity (Wildman–Crippen MR) is 88.7 cm³/mol. The fraction of sp³-hybridized carbons (Fsp3) is 0.235. The summed E-state index contributed by atoms with van der Waals surface area (Å²) >= 11 is 3.30. The summed E-state index contributed by atoms with van der Waals surface area (Å²) in [7, 11) is 0. The van der Waals surface area contributed by atoms with Crippen LogP contribution in [0, 0.1) is 5.92 Å². The average Bonchev–Trinajstić information content (AvgIpc) is 2.48. The summed E-state index contributed by atoms with van der Waals surface area (Å²) in [4.78, 5) is 28.8. The van der Waals surface area contributed by atoms with E-state index in [0.29, 0.717) is 21.3 Å². The lowest BCUT2D eigenvalue weighted by Crippen LogP contribution is -2.16. The van der Waals surface area contributed by atoms with Gasteiger partial charge in [0.2, 0.25) is 0 Å². The molecule has 1 aliphatic rings. The molecule has 0 atom stereocenters. The van der Waals surface area contributed by atoms with E-state index < -0.39 is 5.97 Å². The first-order valence-corrected chi connectivity index (χ1v) is 7.68. The highest BCUT2D eigenvalue weighted by molar-refractivity contribution is 9.10. The van der Waals surface area contributed by atoms with Crippen LogP contribution in [-0.4, -0.2) is 17.5 Å². The quantitative estimate of drug-likeness (QED) is 0.463. The van der Waals surface area contributed by atoms with Crippen molar-refractivity contribution in [2.45, 2.75) is 20.8 Å². The summed E-state index contributed by atoms with van der Waals surface area (Å²) in [5.74, 6) is -0.486. The van der Waals surface area contributed by atoms with Gasteiger partial charge in [0, 0.05) is 4.47 Å². The second kappa shape index (κ2) is 6.83.